The minimum Gasteiger partial charge on any atom is -0.463 e. The van der Waals surface area contributed by atoms with Gasteiger partial charge in [0.15, 0.2) is 0 Å². The molecular weight excluding hydrogens is 370 g/mol. The number of amides is 1. The van der Waals surface area contributed by atoms with Crippen LogP contribution in [0.4, 0.5) is 4.79 Å². The van der Waals surface area contributed by atoms with Crippen LogP contribution in [0.3, 0.4) is 0 Å². The van der Waals surface area contributed by atoms with Crippen molar-refractivity contribution in [3.8, 4) is 18.1 Å². The molecule has 1 aromatic rings. The predicted octanol–water partition coefficient (Wildman–Crippen LogP) is 4.43. The third kappa shape index (κ3) is 5.88. The number of hydrogen-bond donors (Lipinski definition) is 0. The molecule has 0 radical (unpaired) electrons. The molecule has 6 nitrogen and oxygen atoms in total. The lowest BCUT2D eigenvalue weighted by Crippen LogP contribution is -2.35. The number of benzene rings is 1. The van der Waals surface area contributed by atoms with Crippen molar-refractivity contribution in [3.05, 3.63) is 29.3 Å². The van der Waals surface area contributed by atoms with Crippen molar-refractivity contribution in [1.82, 2.24) is 4.90 Å². The van der Waals surface area contributed by atoms with Crippen LogP contribution < -0.4 is 4.74 Å². The summed E-state index contributed by atoms with van der Waals surface area (Å²) in [7, 11) is 0. The molecule has 2 aliphatic heterocycles. The van der Waals surface area contributed by atoms with Gasteiger partial charge in [-0.25, -0.2) is 4.79 Å². The SMILES string of the molecule is C#CCCOCCCCCCN1C[C@@H](c2cccc3c2COC(C)(C)O3)OC1=O. The van der Waals surface area contributed by atoms with Gasteiger partial charge >= 0.3 is 6.09 Å². The summed E-state index contributed by atoms with van der Waals surface area (Å²) in [5.41, 5.74) is 1.94. The van der Waals surface area contributed by atoms with E-state index in [1.807, 2.05) is 32.0 Å². The van der Waals surface area contributed by atoms with Crippen LogP contribution in [-0.2, 0) is 20.8 Å². The second-order valence-electron chi connectivity index (χ2n) is 7.91. The Morgan fingerprint density at radius 1 is 1.24 bits per heavy atom. The molecule has 158 valence electrons. The molecule has 6 heteroatoms. The van der Waals surface area contributed by atoms with E-state index in [9.17, 15) is 4.79 Å². The van der Waals surface area contributed by atoms with Crippen LogP contribution >= 0.6 is 0 Å². The van der Waals surface area contributed by atoms with Gasteiger partial charge in [-0.1, -0.05) is 25.0 Å². The molecule has 0 aliphatic carbocycles. The lowest BCUT2D eigenvalue weighted by atomic mass is 10.0. The molecule has 2 aliphatic rings. The summed E-state index contributed by atoms with van der Waals surface area (Å²) >= 11 is 0. The molecule has 0 spiro atoms. The maximum atomic E-state index is 12.3. The average Bonchev–Trinajstić information content (AvgIpc) is 3.05. The monoisotopic (exact) mass is 401 g/mol. The van der Waals surface area contributed by atoms with Crippen molar-refractivity contribution >= 4 is 6.09 Å². The van der Waals surface area contributed by atoms with E-state index in [4.69, 9.17) is 25.4 Å². The lowest BCUT2D eigenvalue weighted by Gasteiger charge is -2.34. The molecule has 1 aromatic carbocycles. The summed E-state index contributed by atoms with van der Waals surface area (Å²) in [5, 5.41) is 0. The Morgan fingerprint density at radius 3 is 2.90 bits per heavy atom. The molecule has 0 bridgehead atoms. The van der Waals surface area contributed by atoms with Crippen molar-refractivity contribution in [1.29, 1.82) is 0 Å². The zero-order valence-corrected chi connectivity index (χ0v) is 17.4. The van der Waals surface area contributed by atoms with Gasteiger partial charge in [0.25, 0.3) is 0 Å². The van der Waals surface area contributed by atoms with Crippen LogP contribution in [0, 0.1) is 12.3 Å². The third-order valence-electron chi connectivity index (χ3n) is 5.18. The van der Waals surface area contributed by atoms with Gasteiger partial charge in [-0.2, -0.15) is 0 Å². The molecule has 1 fully saturated rings. The Hall–Kier alpha value is -2.23. The Bertz CT molecular complexity index is 739. The fourth-order valence-electron chi connectivity index (χ4n) is 3.62. The van der Waals surface area contributed by atoms with Gasteiger partial charge in [0.1, 0.15) is 11.9 Å². The van der Waals surface area contributed by atoms with Crippen molar-refractivity contribution in [2.45, 2.75) is 64.4 Å². The molecule has 0 aromatic heterocycles. The summed E-state index contributed by atoms with van der Waals surface area (Å²) in [6, 6.07) is 5.87. The van der Waals surface area contributed by atoms with E-state index < -0.39 is 5.79 Å². The second-order valence-corrected chi connectivity index (χ2v) is 7.91. The Balaban J connectivity index is 1.44. The first kappa shape index (κ1) is 21.5. The van der Waals surface area contributed by atoms with Crippen LogP contribution in [0.1, 0.15) is 63.2 Å². The van der Waals surface area contributed by atoms with E-state index in [0.717, 1.165) is 49.2 Å². The fraction of sp³-hybridized carbons (Fsp3) is 0.609. The zero-order chi connectivity index (χ0) is 20.7. The number of nitrogens with zero attached hydrogens (tertiary/aromatic N) is 1. The molecule has 0 N–H and O–H groups in total. The maximum Gasteiger partial charge on any atom is 0.410 e. The zero-order valence-electron chi connectivity index (χ0n) is 17.4. The van der Waals surface area contributed by atoms with Crippen LogP contribution in [-0.4, -0.2) is 43.1 Å². The van der Waals surface area contributed by atoms with Gasteiger partial charge in [-0.15, -0.1) is 12.3 Å². The van der Waals surface area contributed by atoms with E-state index in [-0.39, 0.29) is 12.2 Å². The number of carbonyl (C=O) groups is 1. The Morgan fingerprint density at radius 2 is 2.07 bits per heavy atom. The standard InChI is InChI=1S/C23H31NO5/c1-4-5-14-26-15-9-7-6-8-13-24-16-21(28-22(24)25)18-11-10-12-20-19(18)17-27-23(2,3)29-20/h1,10-12,21H,5-9,13-17H2,2-3H3/t21-/m0/s1. The summed E-state index contributed by atoms with van der Waals surface area (Å²) in [4.78, 5) is 14.1. The van der Waals surface area contributed by atoms with E-state index in [2.05, 4.69) is 5.92 Å². The smallest absolute Gasteiger partial charge is 0.410 e. The van der Waals surface area contributed by atoms with Crippen molar-refractivity contribution in [3.63, 3.8) is 0 Å². The van der Waals surface area contributed by atoms with Gasteiger partial charge in [0, 0.05) is 44.5 Å². The number of carbonyl (C=O) groups excluding carboxylic acids is 1. The molecular formula is C23H31NO5. The number of terminal acetylenes is 1. The maximum absolute atomic E-state index is 12.3. The molecule has 29 heavy (non-hydrogen) atoms. The number of cyclic esters (lactones) is 1. The van der Waals surface area contributed by atoms with Gasteiger partial charge in [-0.05, 0) is 18.9 Å². The number of unbranched alkanes of at least 4 members (excludes halogenated alkanes) is 3. The molecule has 2 heterocycles. The van der Waals surface area contributed by atoms with Crippen LogP contribution in [0.25, 0.3) is 0 Å². The lowest BCUT2D eigenvalue weighted by molar-refractivity contribution is -0.180. The molecule has 0 unspecified atom stereocenters. The first-order chi connectivity index (χ1) is 14.0. The van der Waals surface area contributed by atoms with Gasteiger partial charge in [0.05, 0.1) is 19.8 Å². The van der Waals surface area contributed by atoms with Gasteiger partial charge in [0.2, 0.25) is 5.79 Å². The highest BCUT2D eigenvalue weighted by molar-refractivity contribution is 5.70. The highest BCUT2D eigenvalue weighted by Crippen LogP contribution is 2.38. The fourth-order valence-corrected chi connectivity index (χ4v) is 3.62. The second kappa shape index (κ2) is 10.00. The first-order valence-electron chi connectivity index (χ1n) is 10.4. The highest BCUT2D eigenvalue weighted by atomic mass is 16.7. The topological polar surface area (TPSA) is 57.2 Å². The van der Waals surface area contributed by atoms with E-state index >= 15 is 0 Å². The highest BCUT2D eigenvalue weighted by Gasteiger charge is 2.36. The number of rotatable bonds is 10. The van der Waals surface area contributed by atoms with Crippen LogP contribution in [0.15, 0.2) is 18.2 Å². The molecule has 1 saturated heterocycles. The van der Waals surface area contributed by atoms with Crippen molar-refractivity contribution < 1.29 is 23.7 Å². The van der Waals surface area contributed by atoms with Crippen LogP contribution in [0.2, 0.25) is 0 Å². The molecule has 0 saturated carbocycles. The van der Waals surface area contributed by atoms with Gasteiger partial charge < -0.3 is 23.8 Å². The minimum absolute atomic E-state index is 0.247. The quantitative estimate of drug-likeness (QED) is 0.429. The summed E-state index contributed by atoms with van der Waals surface area (Å²) in [6.07, 6.45) is 9.44. The van der Waals surface area contributed by atoms with E-state index in [1.165, 1.54) is 0 Å². The minimum atomic E-state index is -0.643. The van der Waals surface area contributed by atoms with Crippen molar-refractivity contribution in [2.24, 2.45) is 0 Å². The third-order valence-corrected chi connectivity index (χ3v) is 5.18. The van der Waals surface area contributed by atoms with Crippen molar-refractivity contribution in [2.75, 3.05) is 26.3 Å². The van der Waals surface area contributed by atoms with Gasteiger partial charge in [-0.3, -0.25) is 0 Å². The summed E-state index contributed by atoms with van der Waals surface area (Å²) in [5.74, 6) is 2.72. The largest absolute Gasteiger partial charge is 0.463 e. The Labute approximate surface area is 173 Å². The first-order valence-corrected chi connectivity index (χ1v) is 10.4. The van der Waals surface area contributed by atoms with Crippen LogP contribution in [0.5, 0.6) is 5.75 Å². The average molecular weight is 402 g/mol. The number of fused-ring (bicyclic) bond motifs is 1. The molecule has 1 atom stereocenters. The molecule has 1 amide bonds. The Kier molecular flexibility index (Phi) is 7.40. The number of ether oxygens (including phenoxy) is 4. The summed E-state index contributed by atoms with van der Waals surface area (Å²) < 4.78 is 22.8. The predicted molar refractivity (Wildman–Crippen MR) is 109 cm³/mol. The normalized spacial score (nSPS) is 20.0. The van der Waals surface area contributed by atoms with E-state index in [1.54, 1.807) is 4.90 Å². The molecule has 3 rings (SSSR count). The summed E-state index contributed by atoms with van der Waals surface area (Å²) in [6.45, 7) is 6.89. The number of hydrogen-bond acceptors (Lipinski definition) is 5. The van der Waals surface area contributed by atoms with E-state index in [0.29, 0.717) is 32.7 Å².